The lowest BCUT2D eigenvalue weighted by Crippen LogP contribution is -2.36. The van der Waals surface area contributed by atoms with Crippen molar-refractivity contribution >= 4 is 17.5 Å². The van der Waals surface area contributed by atoms with E-state index in [1.165, 1.54) is 11.3 Å². The summed E-state index contributed by atoms with van der Waals surface area (Å²) in [6, 6.07) is 6.28. The van der Waals surface area contributed by atoms with Crippen molar-refractivity contribution in [3.05, 3.63) is 35.2 Å². The van der Waals surface area contributed by atoms with Gasteiger partial charge in [0, 0.05) is 24.2 Å². The van der Waals surface area contributed by atoms with E-state index in [-0.39, 0.29) is 11.7 Å². The summed E-state index contributed by atoms with van der Waals surface area (Å²) in [5.74, 6) is -0.697. The van der Waals surface area contributed by atoms with Crippen molar-refractivity contribution in [2.75, 3.05) is 11.9 Å². The first-order valence-electron chi connectivity index (χ1n) is 6.50. The average molecular weight is 261 g/mol. The lowest BCUT2D eigenvalue weighted by atomic mass is 9.80. The predicted octanol–water partition coefficient (Wildman–Crippen LogP) is 3.70. The van der Waals surface area contributed by atoms with Crippen LogP contribution in [0.2, 0.25) is 0 Å². The van der Waals surface area contributed by atoms with Gasteiger partial charge >= 0.3 is 0 Å². The molecule has 1 aliphatic heterocycles. The summed E-state index contributed by atoms with van der Waals surface area (Å²) < 4.78 is 13.4. The van der Waals surface area contributed by atoms with E-state index >= 15 is 0 Å². The molecule has 2 nitrogen and oxygen atoms in total. The van der Waals surface area contributed by atoms with Crippen molar-refractivity contribution in [1.29, 1.82) is 0 Å². The molecule has 3 heteroatoms. The smallest absolute Gasteiger partial charge is 0.178 e. The molecule has 1 unspecified atom stereocenters. The van der Waals surface area contributed by atoms with Gasteiger partial charge in [-0.1, -0.05) is 19.9 Å². The van der Waals surface area contributed by atoms with Crippen LogP contribution in [0.25, 0.3) is 5.57 Å². The van der Waals surface area contributed by atoms with E-state index in [1.807, 2.05) is 18.2 Å². The zero-order valence-electron chi connectivity index (χ0n) is 12.1. The maximum atomic E-state index is 13.4. The van der Waals surface area contributed by atoms with E-state index in [0.29, 0.717) is 11.6 Å². The molecule has 0 saturated heterocycles. The number of rotatable bonds is 2. The van der Waals surface area contributed by atoms with Crippen LogP contribution in [0, 0.1) is 0 Å². The third-order valence-corrected chi connectivity index (χ3v) is 4.59. The van der Waals surface area contributed by atoms with Gasteiger partial charge in [0.15, 0.2) is 12.1 Å². The second-order valence-electron chi connectivity index (χ2n) is 5.83. The molecule has 0 spiro atoms. The number of fused-ring (bicyclic) bond motifs is 1. The number of aldehydes is 1. The number of anilines is 1. The molecule has 0 radical (unpaired) electrons. The maximum Gasteiger partial charge on any atom is 0.178 e. The van der Waals surface area contributed by atoms with E-state index in [1.54, 1.807) is 6.92 Å². The van der Waals surface area contributed by atoms with Gasteiger partial charge in [0.2, 0.25) is 0 Å². The highest BCUT2D eigenvalue weighted by Crippen LogP contribution is 2.45. The van der Waals surface area contributed by atoms with Crippen LogP contribution < -0.4 is 4.90 Å². The minimum absolute atomic E-state index is 0.0119. The number of carbonyl (C=O) groups is 1. The molecule has 1 atom stereocenters. The molecule has 1 aliphatic rings. The molecular formula is C16H20FNO. The topological polar surface area (TPSA) is 20.3 Å². The van der Waals surface area contributed by atoms with Crippen LogP contribution in [0.3, 0.4) is 0 Å². The lowest BCUT2D eigenvalue weighted by molar-refractivity contribution is -0.106. The van der Waals surface area contributed by atoms with Crippen molar-refractivity contribution in [2.24, 2.45) is 0 Å². The quantitative estimate of drug-likeness (QED) is 0.597. The molecule has 0 aromatic heterocycles. The molecule has 0 amide bonds. The van der Waals surface area contributed by atoms with Gasteiger partial charge in [0.1, 0.15) is 0 Å². The van der Waals surface area contributed by atoms with Crippen molar-refractivity contribution in [3.63, 3.8) is 0 Å². The molecule has 0 N–H and O–H groups in total. The second-order valence-corrected chi connectivity index (χ2v) is 5.83. The SMILES string of the molecule is C/C(=C(\F)C=O)c1ccc2c(c1)C(C)(C)C(C)N2C. The van der Waals surface area contributed by atoms with Crippen molar-refractivity contribution in [3.8, 4) is 0 Å². The first-order chi connectivity index (χ1) is 8.80. The van der Waals surface area contributed by atoms with Crippen LogP contribution in [-0.4, -0.2) is 19.4 Å². The number of nitrogens with zero attached hydrogens (tertiary/aromatic N) is 1. The van der Waals surface area contributed by atoms with E-state index in [0.717, 1.165) is 5.56 Å². The fourth-order valence-electron chi connectivity index (χ4n) is 2.74. The van der Waals surface area contributed by atoms with Crippen LogP contribution in [0.15, 0.2) is 24.0 Å². The van der Waals surface area contributed by atoms with Crippen LogP contribution in [-0.2, 0) is 10.2 Å². The van der Waals surface area contributed by atoms with Crippen LogP contribution in [0.4, 0.5) is 10.1 Å². The van der Waals surface area contributed by atoms with Gasteiger partial charge in [-0.05, 0) is 42.7 Å². The van der Waals surface area contributed by atoms with E-state index in [4.69, 9.17) is 0 Å². The fraction of sp³-hybridized carbons (Fsp3) is 0.438. The Morgan fingerprint density at radius 3 is 2.63 bits per heavy atom. The number of hydrogen-bond donors (Lipinski definition) is 0. The van der Waals surface area contributed by atoms with Crippen LogP contribution >= 0.6 is 0 Å². The number of hydrogen-bond acceptors (Lipinski definition) is 2. The summed E-state index contributed by atoms with van der Waals surface area (Å²) in [5, 5.41) is 0. The zero-order chi connectivity index (χ0) is 14.4. The first-order valence-corrected chi connectivity index (χ1v) is 6.50. The zero-order valence-corrected chi connectivity index (χ0v) is 12.1. The van der Waals surface area contributed by atoms with Gasteiger partial charge in [-0.25, -0.2) is 4.39 Å². The molecule has 0 saturated carbocycles. The predicted molar refractivity (Wildman–Crippen MR) is 77.1 cm³/mol. The number of carbonyl (C=O) groups excluding carboxylic acids is 1. The Hall–Kier alpha value is -1.64. The average Bonchev–Trinajstić information content (AvgIpc) is 2.58. The molecule has 1 aromatic rings. The monoisotopic (exact) mass is 261 g/mol. The minimum atomic E-state index is -0.697. The van der Waals surface area contributed by atoms with Gasteiger partial charge in [-0.3, -0.25) is 4.79 Å². The van der Waals surface area contributed by atoms with Gasteiger partial charge in [-0.2, -0.15) is 0 Å². The Bertz CT molecular complexity index is 560. The van der Waals surface area contributed by atoms with Crippen molar-refractivity contribution in [2.45, 2.75) is 39.2 Å². The second kappa shape index (κ2) is 4.48. The van der Waals surface area contributed by atoms with Crippen molar-refractivity contribution < 1.29 is 9.18 Å². The Morgan fingerprint density at radius 2 is 2.05 bits per heavy atom. The number of allylic oxidation sites excluding steroid dienone is 2. The molecule has 1 aromatic carbocycles. The van der Waals surface area contributed by atoms with E-state index in [2.05, 4.69) is 32.7 Å². The molecule has 2 rings (SSSR count). The maximum absolute atomic E-state index is 13.4. The Morgan fingerprint density at radius 1 is 1.42 bits per heavy atom. The number of likely N-dealkylation sites (N-methyl/N-ethyl adjacent to an activating group) is 1. The highest BCUT2D eigenvalue weighted by atomic mass is 19.1. The summed E-state index contributed by atoms with van der Waals surface area (Å²) in [6.07, 6.45) is 0.266. The van der Waals surface area contributed by atoms with Gasteiger partial charge < -0.3 is 4.90 Å². The molecule has 102 valence electrons. The van der Waals surface area contributed by atoms with E-state index < -0.39 is 5.83 Å². The minimum Gasteiger partial charge on any atom is -0.371 e. The van der Waals surface area contributed by atoms with E-state index in [9.17, 15) is 9.18 Å². The molecule has 0 fully saturated rings. The number of halogens is 1. The Balaban J connectivity index is 2.59. The van der Waals surface area contributed by atoms with Crippen molar-refractivity contribution in [1.82, 2.24) is 0 Å². The summed E-state index contributed by atoms with van der Waals surface area (Å²) in [5.41, 5.74) is 3.58. The van der Waals surface area contributed by atoms with Gasteiger partial charge in [-0.15, -0.1) is 0 Å². The lowest BCUT2D eigenvalue weighted by Gasteiger charge is -2.28. The van der Waals surface area contributed by atoms with Gasteiger partial charge in [0.05, 0.1) is 0 Å². The normalized spacial score (nSPS) is 22.0. The molecule has 19 heavy (non-hydrogen) atoms. The van der Waals surface area contributed by atoms with Gasteiger partial charge in [0.25, 0.3) is 0 Å². The van der Waals surface area contributed by atoms with Crippen LogP contribution in [0.1, 0.15) is 38.8 Å². The summed E-state index contributed by atoms with van der Waals surface area (Å²) in [7, 11) is 2.08. The molecule has 1 heterocycles. The molecular weight excluding hydrogens is 241 g/mol. The summed E-state index contributed by atoms with van der Waals surface area (Å²) >= 11 is 0. The first kappa shape index (κ1) is 13.8. The summed E-state index contributed by atoms with van der Waals surface area (Å²) in [6.45, 7) is 8.22. The fourth-order valence-corrected chi connectivity index (χ4v) is 2.74. The third kappa shape index (κ3) is 1.97. The highest BCUT2D eigenvalue weighted by molar-refractivity contribution is 5.85. The molecule has 0 bridgehead atoms. The largest absolute Gasteiger partial charge is 0.371 e. The molecule has 0 aliphatic carbocycles. The van der Waals surface area contributed by atoms with Crippen LogP contribution in [0.5, 0.6) is 0 Å². The Kier molecular flexibility index (Phi) is 3.25. The number of benzene rings is 1. The Labute approximate surface area is 113 Å². The third-order valence-electron chi connectivity index (χ3n) is 4.59. The summed E-state index contributed by atoms with van der Waals surface area (Å²) in [4.78, 5) is 12.8. The highest BCUT2D eigenvalue weighted by Gasteiger charge is 2.40. The standard InChI is InChI=1S/C16H20FNO/c1-10(14(17)9-19)12-6-7-15-13(8-12)16(3,4)11(2)18(15)5/h6-9,11H,1-5H3/b14-10+.